The lowest BCUT2D eigenvalue weighted by Crippen LogP contribution is -2.23. The van der Waals surface area contributed by atoms with Gasteiger partial charge >= 0.3 is 0 Å². The van der Waals surface area contributed by atoms with Crippen LogP contribution in [0.2, 0.25) is 0 Å². The SMILES string of the molecule is COc1ccc(-c2nnc(SCC(=O)c3ccc(C(C)NC(C)=O)cc3)n2C2CCCCC2)cc1. The molecule has 0 bridgehead atoms. The minimum atomic E-state index is -0.101. The molecule has 0 spiro atoms. The Morgan fingerprint density at radius 2 is 1.74 bits per heavy atom. The number of thioether (sulfide) groups is 1. The summed E-state index contributed by atoms with van der Waals surface area (Å²) in [6.45, 7) is 3.42. The monoisotopic (exact) mass is 492 g/mol. The smallest absolute Gasteiger partial charge is 0.217 e. The zero-order chi connectivity index (χ0) is 24.8. The highest BCUT2D eigenvalue weighted by molar-refractivity contribution is 7.99. The minimum absolute atomic E-state index is 0.0397. The van der Waals surface area contributed by atoms with Crippen molar-refractivity contribution in [2.75, 3.05) is 12.9 Å². The quantitative estimate of drug-likeness (QED) is 0.308. The van der Waals surface area contributed by atoms with Crippen LogP contribution in [0.4, 0.5) is 0 Å². The van der Waals surface area contributed by atoms with Crippen molar-refractivity contribution in [3.63, 3.8) is 0 Å². The molecular weight excluding hydrogens is 460 g/mol. The summed E-state index contributed by atoms with van der Waals surface area (Å²) < 4.78 is 7.53. The summed E-state index contributed by atoms with van der Waals surface area (Å²) >= 11 is 1.44. The van der Waals surface area contributed by atoms with E-state index in [9.17, 15) is 9.59 Å². The molecule has 1 saturated carbocycles. The van der Waals surface area contributed by atoms with Gasteiger partial charge in [0.1, 0.15) is 5.75 Å². The molecule has 0 saturated heterocycles. The van der Waals surface area contributed by atoms with E-state index in [1.165, 1.54) is 37.9 Å². The largest absolute Gasteiger partial charge is 0.497 e. The summed E-state index contributed by atoms with van der Waals surface area (Å²) in [6, 6.07) is 15.5. The van der Waals surface area contributed by atoms with Crippen LogP contribution in [0.15, 0.2) is 53.7 Å². The summed E-state index contributed by atoms with van der Waals surface area (Å²) in [5.74, 6) is 1.89. The summed E-state index contributed by atoms with van der Waals surface area (Å²) in [5, 5.41) is 12.7. The van der Waals surface area contributed by atoms with E-state index in [0.717, 1.165) is 40.7 Å². The van der Waals surface area contributed by atoms with Crippen molar-refractivity contribution in [2.24, 2.45) is 0 Å². The first-order chi connectivity index (χ1) is 17.0. The molecular formula is C27H32N4O3S. The molecule has 7 nitrogen and oxygen atoms in total. The van der Waals surface area contributed by atoms with Gasteiger partial charge in [0.15, 0.2) is 16.8 Å². The van der Waals surface area contributed by atoms with Crippen LogP contribution in [0.5, 0.6) is 5.75 Å². The lowest BCUT2D eigenvalue weighted by molar-refractivity contribution is -0.119. The van der Waals surface area contributed by atoms with E-state index in [0.29, 0.717) is 11.6 Å². The lowest BCUT2D eigenvalue weighted by atomic mass is 9.95. The maximum Gasteiger partial charge on any atom is 0.217 e. The number of carbonyl (C=O) groups excluding carboxylic acids is 2. The molecule has 1 heterocycles. The van der Waals surface area contributed by atoms with E-state index >= 15 is 0 Å². The molecule has 2 aromatic carbocycles. The topological polar surface area (TPSA) is 86.1 Å². The van der Waals surface area contributed by atoms with Crippen LogP contribution >= 0.6 is 11.8 Å². The van der Waals surface area contributed by atoms with E-state index in [4.69, 9.17) is 4.74 Å². The third-order valence-corrected chi connectivity index (χ3v) is 7.38. The second-order valence-corrected chi connectivity index (χ2v) is 9.90. The predicted octanol–water partition coefficient (Wildman–Crippen LogP) is 5.63. The highest BCUT2D eigenvalue weighted by atomic mass is 32.2. The molecule has 4 rings (SSSR count). The molecule has 1 unspecified atom stereocenters. The highest BCUT2D eigenvalue weighted by Gasteiger charge is 2.24. The van der Waals surface area contributed by atoms with Gasteiger partial charge in [-0.2, -0.15) is 0 Å². The van der Waals surface area contributed by atoms with Gasteiger partial charge in [-0.05, 0) is 49.6 Å². The zero-order valence-corrected chi connectivity index (χ0v) is 21.3. The number of hydrogen-bond acceptors (Lipinski definition) is 6. The van der Waals surface area contributed by atoms with Crippen molar-refractivity contribution in [1.29, 1.82) is 0 Å². The van der Waals surface area contributed by atoms with Gasteiger partial charge in [0.2, 0.25) is 5.91 Å². The molecule has 1 atom stereocenters. The van der Waals surface area contributed by atoms with Gasteiger partial charge in [0, 0.05) is 24.1 Å². The number of amides is 1. The Morgan fingerprint density at radius 3 is 2.37 bits per heavy atom. The van der Waals surface area contributed by atoms with Gasteiger partial charge in [-0.25, -0.2) is 0 Å². The number of nitrogens with one attached hydrogen (secondary N) is 1. The molecule has 184 valence electrons. The Balaban J connectivity index is 1.51. The Morgan fingerprint density at radius 1 is 1.06 bits per heavy atom. The van der Waals surface area contributed by atoms with Crippen molar-refractivity contribution in [1.82, 2.24) is 20.1 Å². The van der Waals surface area contributed by atoms with Crippen LogP contribution in [0.3, 0.4) is 0 Å². The number of methoxy groups -OCH3 is 1. The van der Waals surface area contributed by atoms with Gasteiger partial charge in [-0.15, -0.1) is 10.2 Å². The fourth-order valence-electron chi connectivity index (χ4n) is 4.54. The number of benzene rings is 2. The standard InChI is InChI=1S/C27H32N4O3S/c1-18(28-19(2)32)20-9-11-21(12-10-20)25(33)17-35-27-30-29-26(22-13-15-24(34-3)16-14-22)31(27)23-7-5-4-6-8-23/h9-16,18,23H,4-8,17H2,1-3H3,(H,28,32). The van der Waals surface area contributed by atoms with Gasteiger partial charge in [-0.1, -0.05) is 55.3 Å². The van der Waals surface area contributed by atoms with Crippen molar-refractivity contribution >= 4 is 23.5 Å². The maximum atomic E-state index is 12.9. The zero-order valence-electron chi connectivity index (χ0n) is 20.5. The van der Waals surface area contributed by atoms with E-state index in [-0.39, 0.29) is 23.5 Å². The number of aromatic nitrogens is 3. The van der Waals surface area contributed by atoms with Crippen LogP contribution in [-0.4, -0.2) is 39.3 Å². The molecule has 8 heteroatoms. The van der Waals surface area contributed by atoms with Crippen LogP contribution in [0.25, 0.3) is 11.4 Å². The molecule has 1 aliphatic rings. The normalized spacial score (nSPS) is 14.9. The number of Topliss-reactive ketones (excluding diaryl/α,β-unsaturated/α-hetero) is 1. The van der Waals surface area contributed by atoms with Crippen LogP contribution in [0.1, 0.15) is 74.0 Å². The first kappa shape index (κ1) is 25.0. The third kappa shape index (κ3) is 6.11. The predicted molar refractivity (Wildman–Crippen MR) is 138 cm³/mol. The molecule has 0 aliphatic heterocycles. The summed E-state index contributed by atoms with van der Waals surface area (Å²) in [6.07, 6.45) is 5.83. The number of hydrogen-bond donors (Lipinski definition) is 1. The van der Waals surface area contributed by atoms with Crippen LogP contribution in [0, 0.1) is 0 Å². The van der Waals surface area contributed by atoms with Gasteiger partial charge in [0.05, 0.1) is 18.9 Å². The molecule has 35 heavy (non-hydrogen) atoms. The van der Waals surface area contributed by atoms with Crippen LogP contribution < -0.4 is 10.1 Å². The third-order valence-electron chi connectivity index (χ3n) is 6.44. The van der Waals surface area contributed by atoms with Crippen molar-refractivity contribution in [2.45, 2.75) is 63.2 Å². The molecule has 3 aromatic rings. The Labute approximate surface area is 210 Å². The molecule has 1 fully saturated rings. The van der Waals surface area contributed by atoms with E-state index in [2.05, 4.69) is 20.1 Å². The first-order valence-electron chi connectivity index (χ1n) is 12.1. The lowest BCUT2D eigenvalue weighted by Gasteiger charge is -2.25. The van der Waals surface area contributed by atoms with Crippen molar-refractivity contribution < 1.29 is 14.3 Å². The van der Waals surface area contributed by atoms with Crippen molar-refractivity contribution in [3.8, 4) is 17.1 Å². The minimum Gasteiger partial charge on any atom is -0.497 e. The summed E-state index contributed by atoms with van der Waals surface area (Å²) in [5.41, 5.74) is 2.60. The number of ether oxygens (including phenoxy) is 1. The molecule has 1 N–H and O–H groups in total. The van der Waals surface area contributed by atoms with Gasteiger partial charge < -0.3 is 10.1 Å². The van der Waals surface area contributed by atoms with Gasteiger partial charge in [-0.3, -0.25) is 14.2 Å². The molecule has 1 amide bonds. The fourth-order valence-corrected chi connectivity index (χ4v) is 5.44. The number of nitrogens with zero attached hydrogens (tertiary/aromatic N) is 3. The number of carbonyl (C=O) groups is 2. The summed E-state index contributed by atoms with van der Waals surface area (Å²) in [4.78, 5) is 24.2. The second-order valence-electron chi connectivity index (χ2n) is 8.95. The summed E-state index contributed by atoms with van der Waals surface area (Å²) in [7, 11) is 1.66. The Kier molecular flexibility index (Phi) is 8.23. The van der Waals surface area contributed by atoms with E-state index < -0.39 is 0 Å². The number of rotatable bonds is 9. The molecule has 0 radical (unpaired) electrons. The molecule has 1 aliphatic carbocycles. The Bertz CT molecular complexity index is 1150. The fraction of sp³-hybridized carbons (Fsp3) is 0.407. The Hall–Kier alpha value is -3.13. The second kappa shape index (κ2) is 11.5. The van der Waals surface area contributed by atoms with Gasteiger partial charge in [0.25, 0.3) is 0 Å². The highest BCUT2D eigenvalue weighted by Crippen LogP contribution is 2.36. The molecule has 1 aromatic heterocycles. The van der Waals surface area contributed by atoms with Crippen molar-refractivity contribution in [3.05, 3.63) is 59.7 Å². The maximum absolute atomic E-state index is 12.9. The number of ketones is 1. The average molecular weight is 493 g/mol. The average Bonchev–Trinajstić information content (AvgIpc) is 3.31. The van der Waals surface area contributed by atoms with Crippen LogP contribution in [-0.2, 0) is 4.79 Å². The van der Waals surface area contributed by atoms with E-state index in [1.807, 2.05) is 55.5 Å². The van der Waals surface area contributed by atoms with E-state index in [1.54, 1.807) is 7.11 Å². The first-order valence-corrected chi connectivity index (χ1v) is 13.1.